The van der Waals surface area contributed by atoms with E-state index in [4.69, 9.17) is 10.5 Å². The van der Waals surface area contributed by atoms with Gasteiger partial charge >= 0.3 is 0 Å². The maximum Gasteiger partial charge on any atom is 0.236 e. The molecule has 1 aromatic carbocycles. The fourth-order valence-corrected chi connectivity index (χ4v) is 3.23. The largest absolute Gasteiger partial charge is 0.504 e. The standard InChI is InChI=1S/C17H20N2O3/c1-10-7-11-5-3-4-6-14(11)19(10)17(21)12-8-16(22-2)15(20)9-13(12)18/h3-6,9-10,12,20H,7-8,18H2,1-2H3/t10-,12?/m1/s1. The number of rotatable bonds is 2. The van der Waals surface area contributed by atoms with Gasteiger partial charge in [0.05, 0.1) is 13.0 Å². The normalized spacial score (nSPS) is 24.1. The van der Waals surface area contributed by atoms with Gasteiger partial charge in [-0.3, -0.25) is 4.79 Å². The summed E-state index contributed by atoms with van der Waals surface area (Å²) in [4.78, 5) is 14.8. The molecule has 1 amide bonds. The zero-order chi connectivity index (χ0) is 15.9. The van der Waals surface area contributed by atoms with Crippen molar-refractivity contribution < 1.29 is 14.6 Å². The van der Waals surface area contributed by atoms with Crippen LogP contribution in [0.1, 0.15) is 18.9 Å². The summed E-state index contributed by atoms with van der Waals surface area (Å²) < 4.78 is 5.15. The van der Waals surface area contributed by atoms with Gasteiger partial charge in [0.25, 0.3) is 0 Å². The molecule has 1 aliphatic heterocycles. The van der Waals surface area contributed by atoms with Crippen LogP contribution >= 0.6 is 0 Å². The number of anilines is 1. The number of hydrogen-bond donors (Lipinski definition) is 2. The Labute approximate surface area is 129 Å². The lowest BCUT2D eigenvalue weighted by Crippen LogP contribution is -2.42. The van der Waals surface area contributed by atoms with E-state index in [2.05, 4.69) is 0 Å². The summed E-state index contributed by atoms with van der Waals surface area (Å²) in [5, 5.41) is 9.79. The average Bonchev–Trinajstić information content (AvgIpc) is 2.82. The van der Waals surface area contributed by atoms with Gasteiger partial charge in [-0.15, -0.1) is 0 Å². The summed E-state index contributed by atoms with van der Waals surface area (Å²) in [5.41, 5.74) is 8.48. The summed E-state index contributed by atoms with van der Waals surface area (Å²) in [5.74, 6) is -0.153. The molecule has 0 radical (unpaired) electrons. The lowest BCUT2D eigenvalue weighted by atomic mass is 9.93. The fraction of sp³-hybridized carbons (Fsp3) is 0.353. The molecule has 3 rings (SSSR count). The molecule has 0 bridgehead atoms. The first-order valence-corrected chi connectivity index (χ1v) is 7.37. The van der Waals surface area contributed by atoms with Crippen LogP contribution < -0.4 is 10.6 Å². The number of carbonyl (C=O) groups is 1. The molecule has 22 heavy (non-hydrogen) atoms. The summed E-state index contributed by atoms with van der Waals surface area (Å²) in [7, 11) is 1.48. The maximum atomic E-state index is 13.0. The van der Waals surface area contributed by atoms with Gasteiger partial charge in [-0.2, -0.15) is 0 Å². The summed E-state index contributed by atoms with van der Waals surface area (Å²) in [6.07, 6.45) is 2.54. The number of methoxy groups -OCH3 is 1. The number of benzene rings is 1. The molecule has 116 valence electrons. The topological polar surface area (TPSA) is 75.8 Å². The van der Waals surface area contributed by atoms with Crippen LogP contribution in [0.4, 0.5) is 5.69 Å². The highest BCUT2D eigenvalue weighted by molar-refractivity contribution is 5.99. The number of aliphatic hydroxyl groups is 1. The first kappa shape index (κ1) is 14.5. The third-order valence-electron chi connectivity index (χ3n) is 4.37. The van der Waals surface area contributed by atoms with Crippen molar-refractivity contribution >= 4 is 11.6 Å². The van der Waals surface area contributed by atoms with Crippen LogP contribution in [0.5, 0.6) is 0 Å². The molecule has 1 aromatic rings. The van der Waals surface area contributed by atoms with Gasteiger partial charge in [0.1, 0.15) is 5.76 Å². The molecule has 5 nitrogen and oxygen atoms in total. The van der Waals surface area contributed by atoms with Crippen molar-refractivity contribution in [3.05, 3.63) is 53.1 Å². The Morgan fingerprint density at radius 1 is 1.36 bits per heavy atom. The number of allylic oxidation sites excluding steroid dienone is 2. The highest BCUT2D eigenvalue weighted by Crippen LogP contribution is 2.36. The number of para-hydroxylation sites is 1. The number of nitrogens with two attached hydrogens (primary N) is 1. The molecule has 0 spiro atoms. The molecule has 0 fully saturated rings. The van der Waals surface area contributed by atoms with E-state index in [9.17, 15) is 9.90 Å². The van der Waals surface area contributed by atoms with Gasteiger partial charge in [-0.05, 0) is 25.0 Å². The van der Waals surface area contributed by atoms with Crippen LogP contribution in [-0.2, 0) is 16.0 Å². The average molecular weight is 300 g/mol. The number of hydrogen-bond acceptors (Lipinski definition) is 4. The van der Waals surface area contributed by atoms with Crippen LogP contribution in [0.15, 0.2) is 47.6 Å². The van der Waals surface area contributed by atoms with E-state index in [1.807, 2.05) is 36.1 Å². The van der Waals surface area contributed by atoms with Crippen molar-refractivity contribution in [2.45, 2.75) is 25.8 Å². The minimum Gasteiger partial charge on any atom is -0.504 e. The molecule has 3 N–H and O–H groups in total. The smallest absolute Gasteiger partial charge is 0.236 e. The van der Waals surface area contributed by atoms with Crippen molar-refractivity contribution in [1.29, 1.82) is 0 Å². The highest BCUT2D eigenvalue weighted by atomic mass is 16.5. The van der Waals surface area contributed by atoms with Crippen molar-refractivity contribution in [2.75, 3.05) is 12.0 Å². The van der Waals surface area contributed by atoms with Gasteiger partial charge in [0.15, 0.2) is 5.76 Å². The van der Waals surface area contributed by atoms with Gasteiger partial charge in [0, 0.05) is 29.9 Å². The molecule has 2 aliphatic rings. The van der Waals surface area contributed by atoms with Crippen LogP contribution in [0.25, 0.3) is 0 Å². The summed E-state index contributed by atoms with van der Waals surface area (Å²) in [6.45, 7) is 2.03. The molecular formula is C17H20N2O3. The first-order chi connectivity index (χ1) is 10.5. The third kappa shape index (κ3) is 2.22. The maximum absolute atomic E-state index is 13.0. The second kappa shape index (κ2) is 5.40. The van der Waals surface area contributed by atoms with Crippen molar-refractivity contribution in [1.82, 2.24) is 0 Å². The van der Waals surface area contributed by atoms with Crippen molar-refractivity contribution in [3.8, 4) is 0 Å². The Hall–Kier alpha value is -2.43. The molecule has 0 saturated carbocycles. The Bertz CT molecular complexity index is 678. The number of nitrogens with zero attached hydrogens (tertiary/aromatic N) is 1. The van der Waals surface area contributed by atoms with E-state index in [0.717, 1.165) is 12.1 Å². The van der Waals surface area contributed by atoms with E-state index < -0.39 is 5.92 Å². The second-order valence-corrected chi connectivity index (χ2v) is 5.80. The Balaban J connectivity index is 1.91. The Kier molecular flexibility index (Phi) is 3.56. The molecule has 0 aromatic heterocycles. The van der Waals surface area contributed by atoms with Crippen LogP contribution in [0.3, 0.4) is 0 Å². The van der Waals surface area contributed by atoms with Gasteiger partial charge in [-0.1, -0.05) is 18.2 Å². The molecule has 1 unspecified atom stereocenters. The predicted octanol–water partition coefficient (Wildman–Crippen LogP) is 2.24. The number of fused-ring (bicyclic) bond motifs is 1. The fourth-order valence-electron chi connectivity index (χ4n) is 3.23. The minimum absolute atomic E-state index is 0.000999. The SMILES string of the molecule is COC1=C(O)C=C(N)C(C(=O)N2c3ccccc3C[C@H]2C)C1. The number of aliphatic hydroxyl groups excluding tert-OH is 1. The number of carbonyl (C=O) groups excluding carboxylic acids is 1. The van der Waals surface area contributed by atoms with Crippen molar-refractivity contribution in [3.63, 3.8) is 0 Å². The summed E-state index contributed by atoms with van der Waals surface area (Å²) >= 11 is 0. The van der Waals surface area contributed by atoms with Crippen LogP contribution in [-0.4, -0.2) is 24.2 Å². The zero-order valence-electron chi connectivity index (χ0n) is 12.7. The van der Waals surface area contributed by atoms with Crippen LogP contribution in [0, 0.1) is 5.92 Å². The van der Waals surface area contributed by atoms with Crippen LogP contribution in [0.2, 0.25) is 0 Å². The van der Waals surface area contributed by atoms with Crippen molar-refractivity contribution in [2.24, 2.45) is 11.7 Å². The van der Waals surface area contributed by atoms with E-state index in [0.29, 0.717) is 11.5 Å². The quantitative estimate of drug-likeness (QED) is 0.878. The lowest BCUT2D eigenvalue weighted by Gasteiger charge is -2.30. The van der Waals surface area contributed by atoms with Gasteiger partial charge < -0.3 is 20.5 Å². The monoisotopic (exact) mass is 300 g/mol. The molecular weight excluding hydrogens is 280 g/mol. The minimum atomic E-state index is -0.501. The van der Waals surface area contributed by atoms with E-state index in [-0.39, 0.29) is 24.1 Å². The summed E-state index contributed by atoms with van der Waals surface area (Å²) in [6, 6.07) is 8.03. The molecule has 1 aliphatic carbocycles. The molecule has 1 heterocycles. The van der Waals surface area contributed by atoms with E-state index in [1.165, 1.54) is 18.7 Å². The predicted molar refractivity (Wildman–Crippen MR) is 84.1 cm³/mol. The third-order valence-corrected chi connectivity index (χ3v) is 4.37. The van der Waals surface area contributed by atoms with E-state index in [1.54, 1.807) is 0 Å². The highest BCUT2D eigenvalue weighted by Gasteiger charge is 2.37. The number of amides is 1. The molecule has 2 atom stereocenters. The van der Waals surface area contributed by atoms with Gasteiger partial charge in [-0.25, -0.2) is 0 Å². The first-order valence-electron chi connectivity index (χ1n) is 7.37. The zero-order valence-corrected chi connectivity index (χ0v) is 12.7. The Morgan fingerprint density at radius 3 is 2.82 bits per heavy atom. The second-order valence-electron chi connectivity index (χ2n) is 5.80. The molecule has 0 saturated heterocycles. The van der Waals surface area contributed by atoms with E-state index >= 15 is 0 Å². The number of ether oxygens (including phenoxy) is 1. The van der Waals surface area contributed by atoms with Gasteiger partial charge in [0.2, 0.25) is 5.91 Å². The Morgan fingerprint density at radius 2 is 2.09 bits per heavy atom. The lowest BCUT2D eigenvalue weighted by molar-refractivity contribution is -0.121. The molecule has 5 heteroatoms.